The largest absolute Gasteiger partial charge is 0.504 e. The van der Waals surface area contributed by atoms with E-state index in [1.165, 1.54) is 12.3 Å². The number of nitrogens with two attached hydrogens (primary N) is 1. The lowest BCUT2D eigenvalue weighted by Gasteiger charge is -2.01. The number of nitrogens with zero attached hydrogens (tertiary/aromatic N) is 2. The van der Waals surface area contributed by atoms with E-state index in [4.69, 9.17) is 10.8 Å². The summed E-state index contributed by atoms with van der Waals surface area (Å²) >= 11 is 0. The van der Waals surface area contributed by atoms with Crippen LogP contribution in [0.25, 0.3) is 10.9 Å². The summed E-state index contributed by atoms with van der Waals surface area (Å²) in [5, 5.41) is 18.9. The van der Waals surface area contributed by atoms with Crippen molar-refractivity contribution >= 4 is 16.9 Å². The number of benzene rings is 1. The molecule has 2 aromatic rings. The number of aromatic hydroxyl groups is 2. The quantitative estimate of drug-likeness (QED) is 0.513. The molecule has 0 saturated carbocycles. The molecular formula is C8H7N3O2. The molecule has 66 valence electrons. The summed E-state index contributed by atoms with van der Waals surface area (Å²) in [4.78, 5) is 7.58. The molecule has 1 aromatic carbocycles. The molecule has 0 radical (unpaired) electrons. The van der Waals surface area contributed by atoms with Gasteiger partial charge in [0.05, 0.1) is 10.9 Å². The lowest BCUT2D eigenvalue weighted by atomic mass is 10.2. The second-order valence-corrected chi connectivity index (χ2v) is 2.59. The van der Waals surface area contributed by atoms with Crippen LogP contribution in [0.1, 0.15) is 0 Å². The van der Waals surface area contributed by atoms with Gasteiger partial charge in [-0.25, -0.2) is 9.97 Å². The summed E-state index contributed by atoms with van der Waals surface area (Å²) in [5.41, 5.74) is 5.85. The lowest BCUT2D eigenvalue weighted by Crippen LogP contribution is -1.93. The third-order valence-corrected chi connectivity index (χ3v) is 1.73. The highest BCUT2D eigenvalue weighted by atomic mass is 16.3. The number of hydrogen-bond donors (Lipinski definition) is 3. The van der Waals surface area contributed by atoms with E-state index < -0.39 is 0 Å². The summed E-state index contributed by atoms with van der Waals surface area (Å²) < 4.78 is 0. The van der Waals surface area contributed by atoms with Crippen LogP contribution in [0.3, 0.4) is 0 Å². The average Bonchev–Trinajstić information content (AvgIpc) is 2.12. The van der Waals surface area contributed by atoms with Crippen molar-refractivity contribution in [1.82, 2.24) is 9.97 Å². The predicted molar refractivity (Wildman–Crippen MR) is 47.3 cm³/mol. The highest BCUT2D eigenvalue weighted by Crippen LogP contribution is 2.31. The summed E-state index contributed by atoms with van der Waals surface area (Å²) in [6, 6.07) is 2.91. The van der Waals surface area contributed by atoms with E-state index in [2.05, 4.69) is 9.97 Å². The smallest absolute Gasteiger partial charge is 0.220 e. The van der Waals surface area contributed by atoms with Crippen LogP contribution >= 0.6 is 0 Å². The van der Waals surface area contributed by atoms with Crippen molar-refractivity contribution in [1.29, 1.82) is 0 Å². The number of phenolic OH excluding ortho intramolecular Hbond substituents is 2. The van der Waals surface area contributed by atoms with E-state index in [1.54, 1.807) is 6.07 Å². The van der Waals surface area contributed by atoms with Gasteiger partial charge in [-0.3, -0.25) is 0 Å². The molecule has 0 atom stereocenters. The first kappa shape index (κ1) is 7.60. The van der Waals surface area contributed by atoms with Gasteiger partial charge in [0, 0.05) is 6.20 Å². The van der Waals surface area contributed by atoms with Gasteiger partial charge in [-0.05, 0) is 12.1 Å². The maximum atomic E-state index is 9.38. The van der Waals surface area contributed by atoms with Gasteiger partial charge in [0.1, 0.15) is 0 Å². The Morgan fingerprint density at radius 3 is 2.77 bits per heavy atom. The molecule has 0 unspecified atom stereocenters. The Morgan fingerprint density at radius 1 is 1.23 bits per heavy atom. The summed E-state index contributed by atoms with van der Waals surface area (Å²) in [5.74, 6) is -0.282. The minimum Gasteiger partial charge on any atom is -0.504 e. The second-order valence-electron chi connectivity index (χ2n) is 2.59. The zero-order valence-corrected chi connectivity index (χ0v) is 6.60. The van der Waals surface area contributed by atoms with Crippen molar-refractivity contribution in [3.05, 3.63) is 18.3 Å². The molecule has 0 fully saturated rings. The fraction of sp³-hybridized carbons (Fsp3) is 0. The topological polar surface area (TPSA) is 92.3 Å². The van der Waals surface area contributed by atoms with Crippen LogP contribution < -0.4 is 5.73 Å². The first-order chi connectivity index (χ1) is 6.18. The maximum absolute atomic E-state index is 9.38. The summed E-state index contributed by atoms with van der Waals surface area (Å²) in [6.45, 7) is 0. The number of anilines is 1. The molecule has 0 amide bonds. The van der Waals surface area contributed by atoms with Crippen molar-refractivity contribution < 1.29 is 10.2 Å². The fourth-order valence-corrected chi connectivity index (χ4v) is 1.09. The molecule has 1 heterocycles. The monoisotopic (exact) mass is 177 g/mol. The number of phenols is 2. The normalized spacial score (nSPS) is 10.5. The zero-order chi connectivity index (χ0) is 9.42. The molecule has 0 aliphatic heterocycles. The Balaban J connectivity index is 2.87. The Labute approximate surface area is 73.5 Å². The Bertz CT molecular complexity index is 470. The van der Waals surface area contributed by atoms with Crippen LogP contribution in [-0.2, 0) is 0 Å². The molecule has 0 aliphatic carbocycles. The highest BCUT2D eigenvalue weighted by Gasteiger charge is 2.06. The van der Waals surface area contributed by atoms with Crippen molar-refractivity contribution in [2.75, 3.05) is 5.73 Å². The summed E-state index contributed by atoms with van der Waals surface area (Å²) in [7, 11) is 0. The van der Waals surface area contributed by atoms with E-state index >= 15 is 0 Å². The van der Waals surface area contributed by atoms with Crippen molar-refractivity contribution in [2.45, 2.75) is 0 Å². The third kappa shape index (κ3) is 1.10. The number of fused-ring (bicyclic) bond motifs is 1. The number of nitrogen functional groups attached to an aromatic ring is 1. The van der Waals surface area contributed by atoms with Gasteiger partial charge in [0.25, 0.3) is 0 Å². The molecule has 5 heteroatoms. The standard InChI is InChI=1S/C8H7N3O2/c9-8-10-3-4-5(11-8)1-2-6(12)7(4)13/h1-3,12-13H,(H2,9,10,11). The first-order valence-electron chi connectivity index (χ1n) is 3.61. The molecule has 0 spiro atoms. The molecule has 13 heavy (non-hydrogen) atoms. The van der Waals surface area contributed by atoms with E-state index in [0.717, 1.165) is 0 Å². The lowest BCUT2D eigenvalue weighted by molar-refractivity contribution is 0.408. The van der Waals surface area contributed by atoms with Gasteiger partial charge in [0.2, 0.25) is 5.95 Å². The molecule has 5 nitrogen and oxygen atoms in total. The first-order valence-corrected chi connectivity index (χ1v) is 3.61. The minimum atomic E-state index is -0.225. The molecule has 0 bridgehead atoms. The van der Waals surface area contributed by atoms with Gasteiger partial charge in [-0.1, -0.05) is 0 Å². The van der Waals surface area contributed by atoms with Gasteiger partial charge in [-0.15, -0.1) is 0 Å². The van der Waals surface area contributed by atoms with E-state index in [9.17, 15) is 5.11 Å². The van der Waals surface area contributed by atoms with Crippen LogP contribution in [0.2, 0.25) is 0 Å². The van der Waals surface area contributed by atoms with Crippen LogP contribution in [0, 0.1) is 0 Å². The molecule has 4 N–H and O–H groups in total. The molecule has 1 aromatic heterocycles. The minimum absolute atomic E-state index is 0.137. The van der Waals surface area contributed by atoms with Gasteiger partial charge in [-0.2, -0.15) is 0 Å². The van der Waals surface area contributed by atoms with Gasteiger partial charge < -0.3 is 15.9 Å². The van der Waals surface area contributed by atoms with E-state index in [-0.39, 0.29) is 17.4 Å². The van der Waals surface area contributed by atoms with Crippen LogP contribution in [0.4, 0.5) is 5.95 Å². The molecule has 0 saturated heterocycles. The zero-order valence-electron chi connectivity index (χ0n) is 6.60. The van der Waals surface area contributed by atoms with Crippen LogP contribution in [0.15, 0.2) is 18.3 Å². The number of rotatable bonds is 0. The Hall–Kier alpha value is -2.04. The Kier molecular flexibility index (Phi) is 1.45. The summed E-state index contributed by atoms with van der Waals surface area (Å²) in [6.07, 6.45) is 1.37. The van der Waals surface area contributed by atoms with E-state index in [0.29, 0.717) is 10.9 Å². The van der Waals surface area contributed by atoms with Gasteiger partial charge in [0.15, 0.2) is 11.5 Å². The van der Waals surface area contributed by atoms with Crippen molar-refractivity contribution in [3.8, 4) is 11.5 Å². The molecule has 0 aliphatic rings. The number of hydrogen-bond acceptors (Lipinski definition) is 5. The number of aromatic nitrogens is 2. The average molecular weight is 177 g/mol. The Morgan fingerprint density at radius 2 is 2.00 bits per heavy atom. The third-order valence-electron chi connectivity index (χ3n) is 1.73. The predicted octanol–water partition coefficient (Wildman–Crippen LogP) is 0.623. The maximum Gasteiger partial charge on any atom is 0.220 e. The van der Waals surface area contributed by atoms with Crippen molar-refractivity contribution in [3.63, 3.8) is 0 Å². The van der Waals surface area contributed by atoms with Crippen molar-refractivity contribution in [2.24, 2.45) is 0 Å². The highest BCUT2D eigenvalue weighted by molar-refractivity contribution is 5.87. The molecule has 2 rings (SSSR count). The molecular weight excluding hydrogens is 170 g/mol. The second kappa shape index (κ2) is 2.48. The van der Waals surface area contributed by atoms with E-state index in [1.807, 2.05) is 0 Å². The fourth-order valence-electron chi connectivity index (χ4n) is 1.09. The van der Waals surface area contributed by atoms with Crippen LogP contribution in [0.5, 0.6) is 11.5 Å². The van der Waals surface area contributed by atoms with Crippen LogP contribution in [-0.4, -0.2) is 20.2 Å². The SMILES string of the molecule is Nc1ncc2c(O)c(O)ccc2n1. The van der Waals surface area contributed by atoms with Gasteiger partial charge >= 0.3 is 0 Å².